The largest absolute Gasteiger partial charge is 0.493 e. The predicted octanol–water partition coefficient (Wildman–Crippen LogP) is 3.07. The first-order valence-corrected chi connectivity index (χ1v) is 9.62. The molecule has 160 valence electrons. The van der Waals surface area contributed by atoms with Crippen LogP contribution in [0.3, 0.4) is 0 Å². The van der Waals surface area contributed by atoms with E-state index >= 15 is 0 Å². The van der Waals surface area contributed by atoms with E-state index in [0.29, 0.717) is 28.0 Å². The molecule has 2 N–H and O–H groups in total. The van der Waals surface area contributed by atoms with Crippen LogP contribution in [0.2, 0.25) is 0 Å². The molecule has 8 heteroatoms. The van der Waals surface area contributed by atoms with Gasteiger partial charge in [0.05, 0.1) is 37.7 Å². The average Bonchev–Trinajstić information content (AvgIpc) is 2.77. The molecular weight excluding hydrogens is 402 g/mol. The van der Waals surface area contributed by atoms with E-state index in [1.54, 1.807) is 49.4 Å². The average molecular weight is 423 g/mol. The van der Waals surface area contributed by atoms with Gasteiger partial charge in [-0.05, 0) is 36.8 Å². The van der Waals surface area contributed by atoms with Gasteiger partial charge in [-0.15, -0.1) is 0 Å². The Morgan fingerprint density at radius 1 is 1.10 bits per heavy atom. The van der Waals surface area contributed by atoms with Crippen molar-refractivity contribution < 1.29 is 28.2 Å². The lowest BCUT2D eigenvalue weighted by Crippen LogP contribution is -2.31. The summed E-state index contributed by atoms with van der Waals surface area (Å²) in [4.78, 5) is 25.9. The summed E-state index contributed by atoms with van der Waals surface area (Å²) in [6.45, 7) is 1.81. The van der Waals surface area contributed by atoms with Gasteiger partial charge < -0.3 is 29.1 Å². The Labute approximate surface area is 177 Å². The van der Waals surface area contributed by atoms with Gasteiger partial charge in [-0.2, -0.15) is 0 Å². The topological polar surface area (TPSA) is 110 Å². The number of rotatable bonds is 5. The van der Waals surface area contributed by atoms with Crippen LogP contribution >= 0.6 is 0 Å². The van der Waals surface area contributed by atoms with E-state index in [-0.39, 0.29) is 29.4 Å². The Morgan fingerprint density at radius 2 is 1.84 bits per heavy atom. The fourth-order valence-electron chi connectivity index (χ4n) is 3.74. The van der Waals surface area contributed by atoms with Gasteiger partial charge in [0, 0.05) is 0 Å². The van der Waals surface area contributed by atoms with Crippen molar-refractivity contribution in [2.24, 2.45) is 5.73 Å². The Kier molecular flexibility index (Phi) is 5.29. The van der Waals surface area contributed by atoms with E-state index in [2.05, 4.69) is 0 Å². The number of para-hydroxylation sites is 1. The number of fused-ring (bicyclic) bond motifs is 3. The van der Waals surface area contributed by atoms with Crippen LogP contribution in [-0.2, 0) is 9.53 Å². The van der Waals surface area contributed by atoms with Crippen molar-refractivity contribution in [3.63, 3.8) is 0 Å². The second-order valence-corrected chi connectivity index (χ2v) is 6.78. The number of carbonyl (C=O) groups excluding carboxylic acids is 1. The van der Waals surface area contributed by atoms with E-state index in [1.165, 1.54) is 14.2 Å². The second-order valence-electron chi connectivity index (χ2n) is 6.78. The number of hydrogen-bond acceptors (Lipinski definition) is 8. The van der Waals surface area contributed by atoms with E-state index in [0.717, 1.165) is 0 Å². The lowest BCUT2D eigenvalue weighted by molar-refractivity contribution is -0.139. The monoisotopic (exact) mass is 423 g/mol. The highest BCUT2D eigenvalue weighted by Gasteiger charge is 2.39. The van der Waals surface area contributed by atoms with Crippen molar-refractivity contribution in [2.75, 3.05) is 20.8 Å². The van der Waals surface area contributed by atoms with Gasteiger partial charge in [0.2, 0.25) is 5.88 Å². The maximum absolute atomic E-state index is 13.1. The Hall–Kier alpha value is -3.94. The maximum Gasteiger partial charge on any atom is 0.344 e. The van der Waals surface area contributed by atoms with Crippen LogP contribution in [0.4, 0.5) is 0 Å². The van der Waals surface area contributed by atoms with Crippen LogP contribution in [0.15, 0.2) is 63.1 Å². The molecule has 0 amide bonds. The van der Waals surface area contributed by atoms with Gasteiger partial charge in [-0.25, -0.2) is 9.59 Å². The highest BCUT2D eigenvalue weighted by Crippen LogP contribution is 2.45. The first-order valence-electron chi connectivity index (χ1n) is 9.62. The zero-order chi connectivity index (χ0) is 22.1. The molecule has 31 heavy (non-hydrogen) atoms. The fraction of sp³-hybridized carbons (Fsp3) is 0.217. The number of nitrogens with two attached hydrogens (primary N) is 1. The van der Waals surface area contributed by atoms with Crippen LogP contribution in [0, 0.1) is 0 Å². The van der Waals surface area contributed by atoms with Crippen molar-refractivity contribution in [2.45, 2.75) is 12.8 Å². The van der Waals surface area contributed by atoms with Crippen LogP contribution in [0.25, 0.3) is 11.0 Å². The zero-order valence-corrected chi connectivity index (χ0v) is 17.3. The van der Waals surface area contributed by atoms with Crippen molar-refractivity contribution in [3.05, 3.63) is 75.5 Å². The van der Waals surface area contributed by atoms with Crippen LogP contribution in [0.1, 0.15) is 24.0 Å². The van der Waals surface area contributed by atoms with Gasteiger partial charge in [-0.1, -0.05) is 18.2 Å². The number of ether oxygens (including phenoxy) is 4. The van der Waals surface area contributed by atoms with Crippen LogP contribution < -0.4 is 25.6 Å². The third-order valence-corrected chi connectivity index (χ3v) is 5.09. The summed E-state index contributed by atoms with van der Waals surface area (Å²) in [7, 11) is 3.02. The summed E-state index contributed by atoms with van der Waals surface area (Å²) in [5.41, 5.74) is 6.64. The smallest absolute Gasteiger partial charge is 0.344 e. The summed E-state index contributed by atoms with van der Waals surface area (Å²) in [6.07, 6.45) is 0. The van der Waals surface area contributed by atoms with E-state index in [1.807, 2.05) is 0 Å². The van der Waals surface area contributed by atoms with Crippen molar-refractivity contribution in [1.82, 2.24) is 0 Å². The lowest BCUT2D eigenvalue weighted by atomic mass is 9.83. The molecule has 8 nitrogen and oxygen atoms in total. The van der Waals surface area contributed by atoms with Gasteiger partial charge >= 0.3 is 11.6 Å². The molecule has 3 aromatic rings. The van der Waals surface area contributed by atoms with Gasteiger partial charge in [0.1, 0.15) is 11.2 Å². The SMILES string of the molecule is CCOC(=O)C1=C(N)Oc2c(c(=O)oc3ccccc23)[C@@H]1c1ccc(OC)c(OC)c1. The first kappa shape index (κ1) is 20.3. The molecule has 0 bridgehead atoms. The Balaban J connectivity index is 2.03. The Morgan fingerprint density at radius 3 is 2.55 bits per heavy atom. The van der Waals surface area contributed by atoms with E-state index in [9.17, 15) is 9.59 Å². The molecule has 1 aliphatic rings. The number of methoxy groups -OCH3 is 2. The molecule has 0 saturated carbocycles. The van der Waals surface area contributed by atoms with Crippen molar-refractivity contribution in [1.29, 1.82) is 0 Å². The standard InChI is InChI=1S/C23H21NO7/c1-4-29-22(25)19-17(12-9-10-15(27-2)16(11-12)28-3)18-20(31-21(19)24)13-7-5-6-8-14(13)30-23(18)26/h5-11,17H,4,24H2,1-3H3/t17-/m0/s1. The molecule has 1 aliphatic heterocycles. The minimum Gasteiger partial charge on any atom is -0.493 e. The molecular formula is C23H21NO7. The predicted molar refractivity (Wildman–Crippen MR) is 112 cm³/mol. The normalized spacial score (nSPS) is 15.3. The highest BCUT2D eigenvalue weighted by atomic mass is 16.5. The minimum absolute atomic E-state index is 0.0177. The number of carbonyl (C=O) groups is 1. The zero-order valence-electron chi connectivity index (χ0n) is 17.3. The molecule has 2 aromatic carbocycles. The molecule has 1 aromatic heterocycles. The van der Waals surface area contributed by atoms with Crippen molar-refractivity contribution >= 4 is 16.9 Å². The summed E-state index contributed by atoms with van der Waals surface area (Å²) >= 11 is 0. The lowest BCUT2D eigenvalue weighted by Gasteiger charge is -2.28. The Bertz CT molecular complexity index is 1260. The summed E-state index contributed by atoms with van der Waals surface area (Å²) in [5.74, 6) is -0.529. The van der Waals surface area contributed by atoms with Gasteiger partial charge in [-0.3, -0.25) is 0 Å². The third-order valence-electron chi connectivity index (χ3n) is 5.09. The quantitative estimate of drug-likeness (QED) is 0.492. The van der Waals surface area contributed by atoms with E-state index < -0.39 is 17.5 Å². The van der Waals surface area contributed by atoms with Gasteiger partial charge in [0.15, 0.2) is 17.2 Å². The van der Waals surface area contributed by atoms with E-state index in [4.69, 9.17) is 29.1 Å². The van der Waals surface area contributed by atoms with Gasteiger partial charge in [0.25, 0.3) is 0 Å². The maximum atomic E-state index is 13.1. The molecule has 0 saturated heterocycles. The summed E-state index contributed by atoms with van der Waals surface area (Å²) < 4.78 is 27.2. The second kappa shape index (κ2) is 8.06. The van der Waals surface area contributed by atoms with Crippen molar-refractivity contribution in [3.8, 4) is 17.2 Å². The molecule has 0 spiro atoms. The first-order chi connectivity index (χ1) is 15.0. The molecule has 2 heterocycles. The summed E-state index contributed by atoms with van der Waals surface area (Å²) in [6, 6.07) is 12.0. The summed E-state index contributed by atoms with van der Waals surface area (Å²) in [5, 5.41) is 0.563. The molecule has 0 radical (unpaired) electrons. The third kappa shape index (κ3) is 3.35. The van der Waals surface area contributed by atoms with Crippen LogP contribution in [0.5, 0.6) is 17.2 Å². The number of benzene rings is 2. The highest BCUT2D eigenvalue weighted by molar-refractivity contribution is 5.94. The number of esters is 1. The molecule has 0 aliphatic carbocycles. The molecule has 4 rings (SSSR count). The molecule has 1 atom stereocenters. The minimum atomic E-state index is -0.886. The van der Waals surface area contributed by atoms with Crippen LogP contribution in [-0.4, -0.2) is 26.8 Å². The molecule has 0 unspecified atom stereocenters. The number of hydrogen-bond donors (Lipinski definition) is 1. The molecule has 0 fully saturated rings. The fourth-order valence-corrected chi connectivity index (χ4v) is 3.74.